The van der Waals surface area contributed by atoms with Crippen LogP contribution in [0.25, 0.3) is 0 Å². The van der Waals surface area contributed by atoms with Gasteiger partial charge in [-0.3, -0.25) is 10.3 Å². The van der Waals surface area contributed by atoms with Crippen molar-refractivity contribution in [3.8, 4) is 11.5 Å². The molecule has 0 spiro atoms. The number of nitrogens with zero attached hydrogens (tertiary/aromatic N) is 2. The highest BCUT2D eigenvalue weighted by atomic mass is 16.5. The summed E-state index contributed by atoms with van der Waals surface area (Å²) < 4.78 is 5.81. The zero-order chi connectivity index (χ0) is 15.9. The van der Waals surface area contributed by atoms with Crippen LogP contribution in [0.5, 0.6) is 11.5 Å². The van der Waals surface area contributed by atoms with E-state index in [2.05, 4.69) is 20.6 Å². The molecule has 0 aromatic carbocycles. The third kappa shape index (κ3) is 4.16. The Kier molecular flexibility index (Phi) is 5.26. The van der Waals surface area contributed by atoms with Gasteiger partial charge in [0.1, 0.15) is 17.3 Å². The number of aliphatic hydroxyl groups is 1. The molecule has 2 amide bonds. The SMILES string of the molecule is CNC(=O)Nc1cc(Oc2cncc(C)c2)c(CCO)cn1. The van der Waals surface area contributed by atoms with E-state index >= 15 is 0 Å². The molecular weight excluding hydrogens is 284 g/mol. The number of urea groups is 1. The summed E-state index contributed by atoms with van der Waals surface area (Å²) >= 11 is 0. The van der Waals surface area contributed by atoms with E-state index in [1.807, 2.05) is 13.0 Å². The average molecular weight is 302 g/mol. The van der Waals surface area contributed by atoms with Crippen LogP contribution in [0.1, 0.15) is 11.1 Å². The molecule has 0 atom stereocenters. The quantitative estimate of drug-likeness (QED) is 0.783. The van der Waals surface area contributed by atoms with Crippen LogP contribution < -0.4 is 15.4 Å². The molecule has 0 unspecified atom stereocenters. The normalized spacial score (nSPS) is 10.1. The number of amides is 2. The van der Waals surface area contributed by atoms with Gasteiger partial charge in [-0.15, -0.1) is 0 Å². The van der Waals surface area contributed by atoms with Crippen molar-refractivity contribution in [2.75, 3.05) is 19.0 Å². The van der Waals surface area contributed by atoms with Crippen LogP contribution in [-0.2, 0) is 6.42 Å². The molecule has 0 aliphatic carbocycles. The van der Waals surface area contributed by atoms with E-state index in [4.69, 9.17) is 9.84 Å². The van der Waals surface area contributed by atoms with Gasteiger partial charge in [-0.25, -0.2) is 9.78 Å². The second kappa shape index (κ2) is 7.37. The summed E-state index contributed by atoms with van der Waals surface area (Å²) in [6.45, 7) is 1.89. The van der Waals surface area contributed by atoms with Crippen molar-refractivity contribution >= 4 is 11.8 Å². The molecule has 7 nitrogen and oxygen atoms in total. The standard InChI is InChI=1S/C15H18N4O3/c1-10-5-12(9-17-7-10)22-13-6-14(19-15(21)16-2)18-8-11(13)3-4-20/h5-9,20H,3-4H2,1-2H3,(H2,16,18,19,21). The van der Waals surface area contributed by atoms with Crippen molar-refractivity contribution in [2.24, 2.45) is 0 Å². The Morgan fingerprint density at radius 2 is 2.14 bits per heavy atom. The van der Waals surface area contributed by atoms with Crippen LogP contribution in [-0.4, -0.2) is 34.8 Å². The molecule has 0 aliphatic rings. The second-order valence-corrected chi connectivity index (χ2v) is 4.66. The highest BCUT2D eigenvalue weighted by molar-refractivity contribution is 5.88. The van der Waals surface area contributed by atoms with Crippen LogP contribution in [0.15, 0.2) is 30.7 Å². The van der Waals surface area contributed by atoms with E-state index in [0.29, 0.717) is 23.7 Å². The first-order chi connectivity index (χ1) is 10.6. The predicted octanol–water partition coefficient (Wildman–Crippen LogP) is 1.86. The molecule has 116 valence electrons. The zero-order valence-electron chi connectivity index (χ0n) is 12.5. The Morgan fingerprint density at radius 1 is 1.32 bits per heavy atom. The van der Waals surface area contributed by atoms with Gasteiger partial charge in [-0.1, -0.05) is 0 Å². The minimum absolute atomic E-state index is 0.0215. The van der Waals surface area contributed by atoms with Crippen LogP contribution in [0.3, 0.4) is 0 Å². The molecule has 0 bridgehead atoms. The van der Waals surface area contributed by atoms with Crippen molar-refractivity contribution in [1.29, 1.82) is 0 Å². The smallest absolute Gasteiger partial charge is 0.320 e. The number of aromatic nitrogens is 2. The number of hydrogen-bond acceptors (Lipinski definition) is 5. The van der Waals surface area contributed by atoms with Gasteiger partial charge in [-0.05, 0) is 18.6 Å². The number of pyridine rings is 2. The van der Waals surface area contributed by atoms with E-state index in [1.165, 1.54) is 7.05 Å². The van der Waals surface area contributed by atoms with Gasteiger partial charge in [-0.2, -0.15) is 0 Å². The number of nitrogens with one attached hydrogen (secondary N) is 2. The minimum Gasteiger partial charge on any atom is -0.455 e. The Morgan fingerprint density at radius 3 is 2.82 bits per heavy atom. The summed E-state index contributed by atoms with van der Waals surface area (Å²) in [5.74, 6) is 1.45. The first-order valence-electron chi connectivity index (χ1n) is 6.80. The summed E-state index contributed by atoms with van der Waals surface area (Å²) in [5, 5.41) is 14.2. The lowest BCUT2D eigenvalue weighted by Gasteiger charge is -2.12. The number of anilines is 1. The number of rotatable bonds is 5. The van der Waals surface area contributed by atoms with Crippen LogP contribution in [0, 0.1) is 6.92 Å². The molecule has 2 rings (SSSR count). The minimum atomic E-state index is -0.370. The first kappa shape index (κ1) is 15.7. The molecule has 0 saturated carbocycles. The first-order valence-corrected chi connectivity index (χ1v) is 6.80. The number of ether oxygens (including phenoxy) is 1. The van der Waals surface area contributed by atoms with E-state index in [0.717, 1.165) is 11.1 Å². The molecule has 2 heterocycles. The largest absolute Gasteiger partial charge is 0.455 e. The van der Waals surface area contributed by atoms with Gasteiger partial charge in [0.25, 0.3) is 0 Å². The zero-order valence-corrected chi connectivity index (χ0v) is 12.5. The highest BCUT2D eigenvalue weighted by Crippen LogP contribution is 2.27. The van der Waals surface area contributed by atoms with Crippen molar-refractivity contribution in [3.63, 3.8) is 0 Å². The maximum atomic E-state index is 11.4. The maximum absolute atomic E-state index is 11.4. The predicted molar refractivity (Wildman–Crippen MR) is 82.2 cm³/mol. The summed E-state index contributed by atoms with van der Waals surface area (Å²) in [4.78, 5) is 19.5. The van der Waals surface area contributed by atoms with E-state index < -0.39 is 0 Å². The number of aryl methyl sites for hydroxylation is 1. The fourth-order valence-electron chi connectivity index (χ4n) is 1.83. The Bertz CT molecular complexity index is 661. The van der Waals surface area contributed by atoms with Gasteiger partial charge in [0.05, 0.1) is 6.20 Å². The molecule has 0 aliphatic heterocycles. The lowest BCUT2D eigenvalue weighted by Crippen LogP contribution is -2.25. The lowest BCUT2D eigenvalue weighted by molar-refractivity contribution is 0.254. The lowest BCUT2D eigenvalue weighted by atomic mass is 10.2. The fraction of sp³-hybridized carbons (Fsp3) is 0.267. The van der Waals surface area contributed by atoms with E-state index in [-0.39, 0.29) is 12.6 Å². The summed E-state index contributed by atoms with van der Waals surface area (Å²) in [7, 11) is 1.52. The summed E-state index contributed by atoms with van der Waals surface area (Å²) in [5.41, 5.74) is 1.71. The molecule has 7 heteroatoms. The Hall–Kier alpha value is -2.67. The summed E-state index contributed by atoms with van der Waals surface area (Å²) in [6.07, 6.45) is 5.30. The molecule has 0 radical (unpaired) electrons. The Labute approximate surface area is 128 Å². The van der Waals surface area contributed by atoms with Crippen molar-refractivity contribution < 1.29 is 14.6 Å². The monoisotopic (exact) mass is 302 g/mol. The number of hydrogen-bond donors (Lipinski definition) is 3. The third-order valence-corrected chi connectivity index (χ3v) is 2.87. The molecule has 2 aromatic heterocycles. The maximum Gasteiger partial charge on any atom is 0.320 e. The van der Waals surface area contributed by atoms with Gasteiger partial charge < -0.3 is 15.2 Å². The van der Waals surface area contributed by atoms with Crippen LogP contribution in [0.2, 0.25) is 0 Å². The molecule has 3 N–H and O–H groups in total. The van der Waals surface area contributed by atoms with Crippen LogP contribution in [0.4, 0.5) is 10.6 Å². The average Bonchev–Trinajstić information content (AvgIpc) is 2.50. The van der Waals surface area contributed by atoms with Crippen LogP contribution >= 0.6 is 0 Å². The van der Waals surface area contributed by atoms with E-state index in [1.54, 1.807) is 24.7 Å². The number of carbonyl (C=O) groups is 1. The van der Waals surface area contributed by atoms with Gasteiger partial charge in [0.15, 0.2) is 0 Å². The van der Waals surface area contributed by atoms with Crippen molar-refractivity contribution in [3.05, 3.63) is 41.9 Å². The van der Waals surface area contributed by atoms with Gasteiger partial charge >= 0.3 is 6.03 Å². The molecule has 0 fully saturated rings. The molecule has 2 aromatic rings. The third-order valence-electron chi connectivity index (χ3n) is 2.87. The van der Waals surface area contributed by atoms with Crippen molar-refractivity contribution in [2.45, 2.75) is 13.3 Å². The summed E-state index contributed by atoms with van der Waals surface area (Å²) in [6, 6.07) is 3.09. The second-order valence-electron chi connectivity index (χ2n) is 4.66. The van der Waals surface area contributed by atoms with Crippen molar-refractivity contribution in [1.82, 2.24) is 15.3 Å². The number of carbonyl (C=O) groups excluding carboxylic acids is 1. The Balaban J connectivity index is 2.28. The molecular formula is C15H18N4O3. The van der Waals surface area contributed by atoms with Gasteiger partial charge in [0, 0.05) is 44.1 Å². The highest BCUT2D eigenvalue weighted by Gasteiger charge is 2.10. The molecule has 0 saturated heterocycles. The van der Waals surface area contributed by atoms with E-state index in [9.17, 15) is 4.79 Å². The fourth-order valence-corrected chi connectivity index (χ4v) is 1.83. The topological polar surface area (TPSA) is 96.4 Å². The van der Waals surface area contributed by atoms with Gasteiger partial charge in [0.2, 0.25) is 0 Å². The number of aliphatic hydroxyl groups excluding tert-OH is 1. The molecule has 22 heavy (non-hydrogen) atoms.